The van der Waals surface area contributed by atoms with Crippen molar-refractivity contribution in [2.75, 3.05) is 0 Å². The van der Waals surface area contributed by atoms with Crippen LogP contribution in [0.3, 0.4) is 0 Å². The first-order chi connectivity index (χ1) is 8.98. The number of alkyl halides is 3. The molecule has 1 aliphatic rings. The summed E-state index contributed by atoms with van der Waals surface area (Å²) in [5.41, 5.74) is 6.90. The maximum absolute atomic E-state index is 12.5. The fourth-order valence-electron chi connectivity index (χ4n) is 3.54. The van der Waals surface area contributed by atoms with E-state index in [0.29, 0.717) is 12.3 Å². The Bertz CT molecular complexity index is 471. The molecule has 0 radical (unpaired) electrons. The third-order valence-corrected chi connectivity index (χ3v) is 5.31. The molecule has 0 spiro atoms. The van der Waals surface area contributed by atoms with Gasteiger partial charge in [-0.3, -0.25) is 0 Å². The van der Waals surface area contributed by atoms with Crippen molar-refractivity contribution in [3.8, 4) is 0 Å². The molecule has 1 aromatic rings. The number of rotatable bonds is 3. The van der Waals surface area contributed by atoms with Crippen LogP contribution in [0, 0.1) is 16.7 Å². The Balaban J connectivity index is 2.05. The summed E-state index contributed by atoms with van der Waals surface area (Å²) < 4.78 is 37.5. The van der Waals surface area contributed by atoms with E-state index in [1.54, 1.807) is 0 Å². The van der Waals surface area contributed by atoms with Crippen molar-refractivity contribution in [3.05, 3.63) is 35.4 Å². The molecule has 1 aliphatic carbocycles. The Morgan fingerprint density at radius 3 is 1.85 bits per heavy atom. The molecule has 2 rings (SSSR count). The molecular weight excluding hydrogens is 263 g/mol. The summed E-state index contributed by atoms with van der Waals surface area (Å²) in [6.45, 7) is 8.79. The first-order valence-electron chi connectivity index (χ1n) is 6.89. The highest BCUT2D eigenvalue weighted by atomic mass is 19.4. The van der Waals surface area contributed by atoms with Crippen LogP contribution in [-0.4, -0.2) is 6.04 Å². The zero-order chi connectivity index (χ0) is 15.3. The Hall–Kier alpha value is -1.03. The third-order valence-electron chi connectivity index (χ3n) is 5.31. The molecule has 0 aliphatic heterocycles. The molecule has 20 heavy (non-hydrogen) atoms. The molecule has 0 aromatic heterocycles. The van der Waals surface area contributed by atoms with E-state index in [1.807, 2.05) is 0 Å². The number of benzene rings is 1. The predicted octanol–water partition coefficient (Wildman–Crippen LogP) is 4.26. The molecule has 0 bridgehead atoms. The summed E-state index contributed by atoms with van der Waals surface area (Å²) in [6.07, 6.45) is -3.66. The zero-order valence-electron chi connectivity index (χ0n) is 12.4. The van der Waals surface area contributed by atoms with Gasteiger partial charge in [-0.15, -0.1) is 0 Å². The van der Waals surface area contributed by atoms with Crippen LogP contribution < -0.4 is 5.73 Å². The van der Waals surface area contributed by atoms with Crippen LogP contribution in [-0.2, 0) is 12.6 Å². The summed E-state index contributed by atoms with van der Waals surface area (Å²) in [6, 6.07) is 5.31. The Kier molecular flexibility index (Phi) is 3.44. The standard InChI is InChI=1S/C16H22F3N/c1-14(2)13(15(14,3)4)12(20)9-10-5-7-11(8-6-10)16(17,18)19/h5-8,12-13H,9,20H2,1-4H3. The van der Waals surface area contributed by atoms with Crippen molar-refractivity contribution in [1.82, 2.24) is 0 Å². The largest absolute Gasteiger partial charge is 0.416 e. The van der Waals surface area contributed by atoms with Crippen LogP contribution in [0.2, 0.25) is 0 Å². The van der Waals surface area contributed by atoms with Gasteiger partial charge in [-0.05, 0) is 40.9 Å². The van der Waals surface area contributed by atoms with Gasteiger partial charge in [0.25, 0.3) is 0 Å². The summed E-state index contributed by atoms with van der Waals surface area (Å²) in [4.78, 5) is 0. The van der Waals surface area contributed by atoms with Crippen molar-refractivity contribution in [1.29, 1.82) is 0 Å². The van der Waals surface area contributed by atoms with Gasteiger partial charge in [-0.25, -0.2) is 0 Å². The molecule has 1 aromatic carbocycles. The number of nitrogens with two attached hydrogens (primary N) is 1. The molecule has 1 atom stereocenters. The minimum atomic E-state index is -4.28. The van der Waals surface area contributed by atoms with Crippen LogP contribution in [0.5, 0.6) is 0 Å². The maximum Gasteiger partial charge on any atom is 0.416 e. The lowest BCUT2D eigenvalue weighted by Gasteiger charge is -2.14. The van der Waals surface area contributed by atoms with E-state index in [9.17, 15) is 13.2 Å². The summed E-state index contributed by atoms with van der Waals surface area (Å²) in [7, 11) is 0. The second-order valence-corrected chi connectivity index (χ2v) is 6.98. The fraction of sp³-hybridized carbons (Fsp3) is 0.625. The van der Waals surface area contributed by atoms with Crippen LogP contribution >= 0.6 is 0 Å². The SMILES string of the molecule is CC1(C)C(C(N)Cc2ccc(C(F)(F)F)cc2)C1(C)C. The number of hydrogen-bond acceptors (Lipinski definition) is 1. The van der Waals surface area contributed by atoms with Gasteiger partial charge in [0, 0.05) is 6.04 Å². The van der Waals surface area contributed by atoms with E-state index in [2.05, 4.69) is 27.7 Å². The van der Waals surface area contributed by atoms with Crippen molar-refractivity contribution >= 4 is 0 Å². The highest BCUT2D eigenvalue weighted by Gasteiger charge is 2.66. The predicted molar refractivity (Wildman–Crippen MR) is 74.2 cm³/mol. The van der Waals surface area contributed by atoms with Gasteiger partial charge in [-0.2, -0.15) is 13.2 Å². The summed E-state index contributed by atoms with van der Waals surface area (Å²) in [5, 5.41) is 0. The molecule has 1 saturated carbocycles. The summed E-state index contributed by atoms with van der Waals surface area (Å²) in [5.74, 6) is 0.400. The molecule has 0 amide bonds. The lowest BCUT2D eigenvalue weighted by Crippen LogP contribution is -2.28. The second kappa shape index (κ2) is 4.48. The third kappa shape index (κ3) is 2.46. The van der Waals surface area contributed by atoms with Gasteiger partial charge in [-0.1, -0.05) is 39.8 Å². The quantitative estimate of drug-likeness (QED) is 0.882. The van der Waals surface area contributed by atoms with Crippen LogP contribution in [0.1, 0.15) is 38.8 Å². The minimum Gasteiger partial charge on any atom is -0.327 e. The molecule has 4 heteroatoms. The molecule has 0 saturated heterocycles. The molecule has 1 fully saturated rings. The van der Waals surface area contributed by atoms with Crippen molar-refractivity contribution in [3.63, 3.8) is 0 Å². The van der Waals surface area contributed by atoms with E-state index in [-0.39, 0.29) is 16.9 Å². The molecular formula is C16H22F3N. The highest BCUT2D eigenvalue weighted by molar-refractivity contribution is 5.26. The molecule has 1 unspecified atom stereocenters. The van der Waals surface area contributed by atoms with Crippen molar-refractivity contribution in [2.45, 2.75) is 46.3 Å². The molecule has 1 nitrogen and oxygen atoms in total. The normalized spacial score (nSPS) is 22.6. The van der Waals surface area contributed by atoms with Gasteiger partial charge < -0.3 is 5.73 Å². The van der Waals surface area contributed by atoms with E-state index in [1.165, 1.54) is 12.1 Å². The second-order valence-electron chi connectivity index (χ2n) is 6.98. The zero-order valence-corrected chi connectivity index (χ0v) is 12.4. The van der Waals surface area contributed by atoms with Gasteiger partial charge in [0.2, 0.25) is 0 Å². The van der Waals surface area contributed by atoms with E-state index in [0.717, 1.165) is 17.7 Å². The molecule has 2 N–H and O–H groups in total. The van der Waals surface area contributed by atoms with Gasteiger partial charge in [0.1, 0.15) is 0 Å². The monoisotopic (exact) mass is 285 g/mol. The van der Waals surface area contributed by atoms with Crippen LogP contribution in [0.25, 0.3) is 0 Å². The van der Waals surface area contributed by atoms with Crippen LogP contribution in [0.15, 0.2) is 24.3 Å². The van der Waals surface area contributed by atoms with Crippen molar-refractivity contribution in [2.24, 2.45) is 22.5 Å². The first-order valence-corrected chi connectivity index (χ1v) is 6.89. The topological polar surface area (TPSA) is 26.0 Å². The average Bonchev–Trinajstić information content (AvgIpc) is 2.68. The van der Waals surface area contributed by atoms with Gasteiger partial charge in [0.05, 0.1) is 5.56 Å². The Morgan fingerprint density at radius 1 is 1.05 bits per heavy atom. The number of hydrogen-bond donors (Lipinski definition) is 1. The Labute approximate surface area is 118 Å². The van der Waals surface area contributed by atoms with Crippen molar-refractivity contribution < 1.29 is 13.2 Å². The lowest BCUT2D eigenvalue weighted by molar-refractivity contribution is -0.137. The smallest absolute Gasteiger partial charge is 0.327 e. The molecule has 0 heterocycles. The van der Waals surface area contributed by atoms with Crippen LogP contribution in [0.4, 0.5) is 13.2 Å². The summed E-state index contributed by atoms with van der Waals surface area (Å²) >= 11 is 0. The average molecular weight is 285 g/mol. The molecule has 112 valence electrons. The lowest BCUT2D eigenvalue weighted by atomic mass is 9.97. The fourth-order valence-corrected chi connectivity index (χ4v) is 3.54. The van der Waals surface area contributed by atoms with E-state index in [4.69, 9.17) is 5.73 Å². The highest BCUT2D eigenvalue weighted by Crippen LogP contribution is 2.69. The van der Waals surface area contributed by atoms with E-state index < -0.39 is 11.7 Å². The minimum absolute atomic E-state index is 0.0169. The number of halogens is 3. The van der Waals surface area contributed by atoms with Gasteiger partial charge in [0.15, 0.2) is 0 Å². The first kappa shape index (κ1) is 15.4. The Morgan fingerprint density at radius 2 is 1.50 bits per heavy atom. The maximum atomic E-state index is 12.5. The van der Waals surface area contributed by atoms with E-state index >= 15 is 0 Å². The van der Waals surface area contributed by atoms with Gasteiger partial charge >= 0.3 is 6.18 Å².